The van der Waals surface area contributed by atoms with Gasteiger partial charge in [0.05, 0.1) is 12.7 Å². The number of ether oxygens (including phenoxy) is 2. The minimum Gasteiger partial charge on any atom is -0.383 e. The van der Waals surface area contributed by atoms with Crippen molar-refractivity contribution in [2.24, 2.45) is 10.9 Å². The Morgan fingerprint density at radius 1 is 1.20 bits per heavy atom. The van der Waals surface area contributed by atoms with Gasteiger partial charge in [-0.05, 0) is 33.1 Å². The van der Waals surface area contributed by atoms with E-state index in [1.165, 1.54) is 0 Å². The largest absolute Gasteiger partial charge is 0.383 e. The molecule has 0 bridgehead atoms. The number of hydrogen-bond acceptors (Lipinski definition) is 3. The molecule has 0 heterocycles. The minimum absolute atomic E-state index is 0.241. The zero-order chi connectivity index (χ0) is 15.4. The first-order valence-corrected chi connectivity index (χ1v) is 7.70. The molecule has 2 atom stereocenters. The summed E-state index contributed by atoms with van der Waals surface area (Å²) >= 11 is 0. The van der Waals surface area contributed by atoms with Crippen molar-refractivity contribution in [3.8, 4) is 0 Å². The maximum absolute atomic E-state index is 5.73. The number of hydrogen-bond donors (Lipinski definition) is 2. The van der Waals surface area contributed by atoms with Gasteiger partial charge in [0.2, 0.25) is 0 Å². The Bertz CT molecular complexity index is 258. The Morgan fingerprint density at radius 3 is 2.40 bits per heavy atom. The summed E-state index contributed by atoms with van der Waals surface area (Å²) in [7, 11) is 1.71. The van der Waals surface area contributed by atoms with Crippen LogP contribution in [0.15, 0.2) is 4.99 Å². The summed E-state index contributed by atoms with van der Waals surface area (Å²) in [6.07, 6.45) is 1.23. The van der Waals surface area contributed by atoms with E-state index in [4.69, 9.17) is 9.47 Å². The molecule has 0 rings (SSSR count). The van der Waals surface area contributed by atoms with Crippen LogP contribution in [-0.2, 0) is 9.47 Å². The van der Waals surface area contributed by atoms with Crippen molar-refractivity contribution in [3.63, 3.8) is 0 Å². The number of aliphatic imine (C=N–C) groups is 1. The highest BCUT2D eigenvalue weighted by Crippen LogP contribution is 2.10. The summed E-state index contributed by atoms with van der Waals surface area (Å²) in [5.74, 6) is 1.36. The first-order valence-electron chi connectivity index (χ1n) is 7.70. The molecule has 0 spiro atoms. The van der Waals surface area contributed by atoms with E-state index in [9.17, 15) is 0 Å². The lowest BCUT2D eigenvalue weighted by Gasteiger charge is -2.21. The predicted octanol–water partition coefficient (Wildman–Crippen LogP) is 2.03. The van der Waals surface area contributed by atoms with Crippen LogP contribution in [0, 0.1) is 5.92 Å². The third-order valence-corrected chi connectivity index (χ3v) is 2.95. The second-order valence-electron chi connectivity index (χ2n) is 5.29. The van der Waals surface area contributed by atoms with Crippen molar-refractivity contribution in [2.75, 3.05) is 33.4 Å². The zero-order valence-corrected chi connectivity index (χ0v) is 14.0. The van der Waals surface area contributed by atoms with Gasteiger partial charge in [0.15, 0.2) is 5.96 Å². The molecule has 0 aliphatic rings. The summed E-state index contributed by atoms with van der Waals surface area (Å²) in [6.45, 7) is 13.6. The number of guanidine groups is 1. The Kier molecular flexibility index (Phi) is 11.5. The van der Waals surface area contributed by atoms with Crippen molar-refractivity contribution in [1.29, 1.82) is 0 Å². The van der Waals surface area contributed by atoms with Crippen LogP contribution in [0.25, 0.3) is 0 Å². The van der Waals surface area contributed by atoms with E-state index in [0.29, 0.717) is 12.5 Å². The summed E-state index contributed by atoms with van der Waals surface area (Å²) in [5, 5.41) is 6.58. The second-order valence-corrected chi connectivity index (χ2v) is 5.29. The predicted molar refractivity (Wildman–Crippen MR) is 85.3 cm³/mol. The topological polar surface area (TPSA) is 54.9 Å². The molecule has 0 saturated heterocycles. The smallest absolute Gasteiger partial charge is 0.191 e. The molecule has 120 valence electrons. The van der Waals surface area contributed by atoms with Crippen molar-refractivity contribution < 1.29 is 9.47 Å². The van der Waals surface area contributed by atoms with Crippen LogP contribution in [-0.4, -0.2) is 51.5 Å². The maximum Gasteiger partial charge on any atom is 0.191 e. The molecule has 0 aromatic carbocycles. The first-order chi connectivity index (χ1) is 9.54. The molecule has 0 aliphatic carbocycles. The Hall–Kier alpha value is -0.810. The van der Waals surface area contributed by atoms with Crippen molar-refractivity contribution in [2.45, 2.75) is 53.2 Å². The monoisotopic (exact) mass is 287 g/mol. The van der Waals surface area contributed by atoms with Crippen molar-refractivity contribution in [1.82, 2.24) is 10.6 Å². The quantitative estimate of drug-likeness (QED) is 0.477. The van der Waals surface area contributed by atoms with Crippen molar-refractivity contribution in [3.05, 3.63) is 0 Å². The average molecular weight is 287 g/mol. The van der Waals surface area contributed by atoms with E-state index in [-0.39, 0.29) is 12.1 Å². The van der Waals surface area contributed by atoms with Crippen LogP contribution in [0.4, 0.5) is 0 Å². The van der Waals surface area contributed by atoms with Gasteiger partial charge >= 0.3 is 0 Å². The van der Waals surface area contributed by atoms with Crippen LogP contribution in [0.1, 0.15) is 41.0 Å². The Morgan fingerprint density at radius 2 is 1.90 bits per heavy atom. The lowest BCUT2D eigenvalue weighted by atomic mass is 10.0. The summed E-state index contributed by atoms with van der Waals surface area (Å²) in [6, 6.07) is 0.241. The van der Waals surface area contributed by atoms with Gasteiger partial charge in [-0.2, -0.15) is 0 Å². The normalized spacial score (nSPS) is 15.2. The van der Waals surface area contributed by atoms with E-state index < -0.39 is 0 Å². The summed E-state index contributed by atoms with van der Waals surface area (Å²) < 4.78 is 10.9. The van der Waals surface area contributed by atoms with Gasteiger partial charge in [-0.3, -0.25) is 4.99 Å². The lowest BCUT2D eigenvalue weighted by molar-refractivity contribution is 0.0266. The molecule has 2 N–H and O–H groups in total. The van der Waals surface area contributed by atoms with Crippen LogP contribution in [0.3, 0.4) is 0 Å². The molecule has 0 aromatic rings. The van der Waals surface area contributed by atoms with Crippen LogP contribution in [0.5, 0.6) is 0 Å². The average Bonchev–Trinajstić information content (AvgIpc) is 2.37. The highest BCUT2D eigenvalue weighted by molar-refractivity contribution is 5.80. The van der Waals surface area contributed by atoms with E-state index in [0.717, 1.165) is 32.1 Å². The fourth-order valence-corrected chi connectivity index (χ4v) is 1.97. The maximum atomic E-state index is 5.73. The zero-order valence-electron chi connectivity index (χ0n) is 14.0. The van der Waals surface area contributed by atoms with E-state index in [2.05, 4.69) is 43.3 Å². The fraction of sp³-hybridized carbons (Fsp3) is 0.933. The molecule has 5 heteroatoms. The second kappa shape index (κ2) is 12.0. The number of nitrogens with zero attached hydrogens (tertiary/aromatic N) is 1. The molecule has 0 aromatic heterocycles. The molecule has 20 heavy (non-hydrogen) atoms. The van der Waals surface area contributed by atoms with Gasteiger partial charge in [-0.1, -0.05) is 13.8 Å². The molecule has 0 amide bonds. The third-order valence-electron chi connectivity index (χ3n) is 2.95. The SMILES string of the molecule is CCNC(=NCCC(OCC)C(C)C)NC(C)COC. The summed E-state index contributed by atoms with van der Waals surface area (Å²) in [4.78, 5) is 4.60. The van der Waals surface area contributed by atoms with Gasteiger partial charge in [0, 0.05) is 32.8 Å². The number of methoxy groups -OCH3 is 1. The van der Waals surface area contributed by atoms with E-state index in [1.807, 2.05) is 6.92 Å². The highest BCUT2D eigenvalue weighted by Gasteiger charge is 2.12. The van der Waals surface area contributed by atoms with Crippen LogP contribution in [0.2, 0.25) is 0 Å². The summed E-state index contributed by atoms with van der Waals surface area (Å²) in [5.41, 5.74) is 0. The van der Waals surface area contributed by atoms with Gasteiger partial charge in [0.25, 0.3) is 0 Å². The van der Waals surface area contributed by atoms with Gasteiger partial charge < -0.3 is 20.1 Å². The van der Waals surface area contributed by atoms with Crippen LogP contribution >= 0.6 is 0 Å². The van der Waals surface area contributed by atoms with E-state index in [1.54, 1.807) is 7.11 Å². The molecular weight excluding hydrogens is 254 g/mol. The van der Waals surface area contributed by atoms with Gasteiger partial charge in [-0.25, -0.2) is 0 Å². The Labute approximate surface area is 124 Å². The molecule has 0 fully saturated rings. The molecule has 2 unspecified atom stereocenters. The van der Waals surface area contributed by atoms with Crippen molar-refractivity contribution >= 4 is 5.96 Å². The molecule has 0 aliphatic heterocycles. The standard InChI is InChI=1S/C15H33N3O2/c1-7-16-15(18-13(5)11-19-6)17-10-9-14(12(3)4)20-8-2/h12-14H,7-11H2,1-6H3,(H2,16,17,18). The highest BCUT2D eigenvalue weighted by atomic mass is 16.5. The minimum atomic E-state index is 0.241. The molecule has 0 saturated carbocycles. The Balaban J connectivity index is 4.30. The molecule has 0 radical (unpaired) electrons. The van der Waals surface area contributed by atoms with E-state index >= 15 is 0 Å². The lowest BCUT2D eigenvalue weighted by Crippen LogP contribution is -2.44. The fourth-order valence-electron chi connectivity index (χ4n) is 1.97. The molecular formula is C15H33N3O2. The number of nitrogens with one attached hydrogen (secondary N) is 2. The molecule has 5 nitrogen and oxygen atoms in total. The third kappa shape index (κ3) is 9.15. The van der Waals surface area contributed by atoms with Gasteiger partial charge in [-0.15, -0.1) is 0 Å². The first kappa shape index (κ1) is 19.2. The van der Waals surface area contributed by atoms with Gasteiger partial charge in [0.1, 0.15) is 0 Å². The number of rotatable bonds is 10. The van der Waals surface area contributed by atoms with Crippen LogP contribution < -0.4 is 10.6 Å².